The van der Waals surface area contributed by atoms with E-state index in [2.05, 4.69) is 94.8 Å². The molecule has 2 heteroatoms. The molecule has 128 valence electrons. The predicted octanol–water partition coefficient (Wildman–Crippen LogP) is 5.57. The van der Waals surface area contributed by atoms with E-state index in [0.29, 0.717) is 0 Å². The molecule has 2 heterocycles. The molecule has 2 aliphatic rings. The number of rotatable bonds is 2. The number of hydrogen-bond acceptors (Lipinski definition) is 2. The SMILES string of the molecule is c1ccc(N2C(c3cccnc3)C23c2ccccc2-c2ccccc23)cc1. The minimum Gasteiger partial charge on any atom is -0.345 e. The van der Waals surface area contributed by atoms with Gasteiger partial charge in [0.15, 0.2) is 0 Å². The van der Waals surface area contributed by atoms with Crippen molar-refractivity contribution in [2.75, 3.05) is 4.90 Å². The quantitative estimate of drug-likeness (QED) is 0.441. The molecule has 1 aliphatic heterocycles. The van der Waals surface area contributed by atoms with Crippen LogP contribution >= 0.6 is 0 Å². The fourth-order valence-corrected chi connectivity index (χ4v) is 4.96. The molecule has 1 spiro atoms. The Labute approximate surface area is 158 Å². The van der Waals surface area contributed by atoms with Crippen molar-refractivity contribution in [2.24, 2.45) is 0 Å². The van der Waals surface area contributed by atoms with Crippen LogP contribution in [0.5, 0.6) is 0 Å². The van der Waals surface area contributed by atoms with Gasteiger partial charge in [-0.05, 0) is 46.0 Å². The summed E-state index contributed by atoms with van der Waals surface area (Å²) in [5, 5.41) is 0. The van der Waals surface area contributed by atoms with Crippen molar-refractivity contribution >= 4 is 5.69 Å². The van der Waals surface area contributed by atoms with Crippen molar-refractivity contribution in [3.8, 4) is 11.1 Å². The first kappa shape index (κ1) is 14.7. The first-order valence-electron chi connectivity index (χ1n) is 9.36. The average molecular weight is 346 g/mol. The van der Waals surface area contributed by atoms with Crippen molar-refractivity contribution in [1.29, 1.82) is 0 Å². The number of hydrogen-bond donors (Lipinski definition) is 0. The van der Waals surface area contributed by atoms with Crippen LogP contribution in [0.15, 0.2) is 103 Å². The monoisotopic (exact) mass is 346 g/mol. The van der Waals surface area contributed by atoms with Gasteiger partial charge in [0.1, 0.15) is 5.54 Å². The summed E-state index contributed by atoms with van der Waals surface area (Å²) < 4.78 is 0. The Bertz CT molecular complexity index is 1040. The van der Waals surface area contributed by atoms with Crippen molar-refractivity contribution in [2.45, 2.75) is 11.6 Å². The second kappa shape index (κ2) is 5.31. The summed E-state index contributed by atoms with van der Waals surface area (Å²) >= 11 is 0. The van der Waals surface area contributed by atoms with E-state index < -0.39 is 0 Å². The fraction of sp³-hybridized carbons (Fsp3) is 0.0800. The van der Waals surface area contributed by atoms with Crippen LogP contribution in [-0.4, -0.2) is 4.98 Å². The van der Waals surface area contributed by atoms with Crippen LogP contribution in [0.4, 0.5) is 5.69 Å². The van der Waals surface area contributed by atoms with E-state index in [4.69, 9.17) is 0 Å². The molecule has 1 aliphatic carbocycles. The number of pyridine rings is 1. The minimum atomic E-state index is -0.155. The number of aromatic nitrogens is 1. The molecule has 27 heavy (non-hydrogen) atoms. The molecule has 0 saturated carbocycles. The highest BCUT2D eigenvalue weighted by atomic mass is 15.4. The zero-order valence-corrected chi connectivity index (χ0v) is 14.8. The number of fused-ring (bicyclic) bond motifs is 5. The molecular formula is C25H18N2. The maximum atomic E-state index is 4.41. The molecule has 0 bridgehead atoms. The maximum absolute atomic E-state index is 4.41. The Morgan fingerprint density at radius 2 is 1.30 bits per heavy atom. The van der Waals surface area contributed by atoms with Crippen LogP contribution in [0, 0.1) is 0 Å². The molecule has 3 aromatic carbocycles. The van der Waals surface area contributed by atoms with Gasteiger partial charge in [-0.3, -0.25) is 4.98 Å². The van der Waals surface area contributed by atoms with Crippen LogP contribution in [0.3, 0.4) is 0 Å². The molecule has 1 saturated heterocycles. The molecule has 1 fully saturated rings. The van der Waals surface area contributed by atoms with Crippen molar-refractivity contribution in [3.63, 3.8) is 0 Å². The highest BCUT2D eigenvalue weighted by molar-refractivity contribution is 5.89. The summed E-state index contributed by atoms with van der Waals surface area (Å²) in [4.78, 5) is 6.96. The van der Waals surface area contributed by atoms with Gasteiger partial charge in [-0.15, -0.1) is 0 Å². The molecule has 2 nitrogen and oxygen atoms in total. The lowest BCUT2D eigenvalue weighted by Crippen LogP contribution is -2.14. The number of benzene rings is 3. The third kappa shape index (κ3) is 1.82. The average Bonchev–Trinajstić information content (AvgIpc) is 3.37. The summed E-state index contributed by atoms with van der Waals surface area (Å²) in [6, 6.07) is 32.9. The van der Waals surface area contributed by atoms with E-state index >= 15 is 0 Å². The molecule has 0 amide bonds. The maximum Gasteiger partial charge on any atom is 0.117 e. The molecule has 4 aromatic rings. The van der Waals surface area contributed by atoms with Crippen LogP contribution in [0.1, 0.15) is 22.7 Å². The Morgan fingerprint density at radius 1 is 0.667 bits per heavy atom. The Morgan fingerprint density at radius 3 is 1.93 bits per heavy atom. The molecular weight excluding hydrogens is 328 g/mol. The lowest BCUT2D eigenvalue weighted by atomic mass is 9.90. The van der Waals surface area contributed by atoms with Gasteiger partial charge in [0, 0.05) is 18.1 Å². The van der Waals surface area contributed by atoms with E-state index in [1.807, 2.05) is 18.5 Å². The Hall–Kier alpha value is -3.39. The molecule has 6 rings (SSSR count). The molecule has 0 radical (unpaired) electrons. The number of nitrogens with zero attached hydrogens (tertiary/aromatic N) is 2. The molecule has 0 N–H and O–H groups in total. The zero-order valence-electron chi connectivity index (χ0n) is 14.8. The summed E-state index contributed by atoms with van der Waals surface area (Å²) in [7, 11) is 0. The van der Waals surface area contributed by atoms with Crippen LogP contribution in [0.2, 0.25) is 0 Å². The Kier molecular flexibility index (Phi) is 2.90. The second-order valence-electron chi connectivity index (χ2n) is 7.25. The first-order chi connectivity index (χ1) is 13.4. The molecule has 1 aromatic heterocycles. The summed E-state index contributed by atoms with van der Waals surface area (Å²) in [5.74, 6) is 0. The molecule has 1 atom stereocenters. The van der Waals surface area contributed by atoms with E-state index in [-0.39, 0.29) is 11.6 Å². The van der Waals surface area contributed by atoms with Gasteiger partial charge in [-0.25, -0.2) is 0 Å². The highest BCUT2D eigenvalue weighted by Gasteiger charge is 2.68. The smallest absolute Gasteiger partial charge is 0.117 e. The zero-order chi connectivity index (χ0) is 17.8. The predicted molar refractivity (Wildman–Crippen MR) is 109 cm³/mol. The van der Waals surface area contributed by atoms with Crippen molar-refractivity contribution < 1.29 is 0 Å². The van der Waals surface area contributed by atoms with Crippen molar-refractivity contribution in [1.82, 2.24) is 4.98 Å². The minimum absolute atomic E-state index is 0.155. The van der Waals surface area contributed by atoms with Gasteiger partial charge in [0.2, 0.25) is 0 Å². The van der Waals surface area contributed by atoms with Gasteiger partial charge in [0.25, 0.3) is 0 Å². The standard InChI is InChI=1S/C25H18N2/c1-2-10-19(11-3-1)27-24(18-9-8-16-26-17-18)25(27)22-14-6-4-12-20(22)21-13-5-7-15-23(21)25/h1-17,24H. The van der Waals surface area contributed by atoms with Gasteiger partial charge < -0.3 is 4.90 Å². The van der Waals surface area contributed by atoms with E-state index in [1.54, 1.807) is 0 Å². The third-order valence-electron chi connectivity index (χ3n) is 5.97. The number of para-hydroxylation sites is 1. The van der Waals surface area contributed by atoms with Gasteiger partial charge >= 0.3 is 0 Å². The van der Waals surface area contributed by atoms with Gasteiger partial charge in [-0.1, -0.05) is 72.8 Å². The van der Waals surface area contributed by atoms with Gasteiger partial charge in [-0.2, -0.15) is 0 Å². The number of anilines is 1. The van der Waals surface area contributed by atoms with E-state index in [1.165, 1.54) is 33.5 Å². The normalized spacial score (nSPS) is 18.2. The topological polar surface area (TPSA) is 15.9 Å². The fourth-order valence-electron chi connectivity index (χ4n) is 4.96. The summed E-state index contributed by atoms with van der Waals surface area (Å²) in [5.41, 5.74) is 7.83. The van der Waals surface area contributed by atoms with E-state index in [9.17, 15) is 0 Å². The van der Waals surface area contributed by atoms with Crippen LogP contribution in [-0.2, 0) is 5.54 Å². The van der Waals surface area contributed by atoms with Crippen LogP contribution in [0.25, 0.3) is 11.1 Å². The second-order valence-corrected chi connectivity index (χ2v) is 7.25. The Balaban J connectivity index is 1.67. The molecule has 1 unspecified atom stereocenters. The summed E-state index contributed by atoms with van der Waals surface area (Å²) in [6.07, 6.45) is 3.86. The third-order valence-corrected chi connectivity index (χ3v) is 5.97. The lowest BCUT2D eigenvalue weighted by Gasteiger charge is -2.15. The summed E-state index contributed by atoms with van der Waals surface area (Å²) in [6.45, 7) is 0. The highest BCUT2D eigenvalue weighted by Crippen LogP contribution is 2.70. The van der Waals surface area contributed by atoms with E-state index in [0.717, 1.165) is 0 Å². The largest absolute Gasteiger partial charge is 0.345 e. The van der Waals surface area contributed by atoms with Crippen molar-refractivity contribution in [3.05, 3.63) is 120 Å². The first-order valence-corrected chi connectivity index (χ1v) is 9.36. The lowest BCUT2D eigenvalue weighted by molar-refractivity contribution is 0.825. The van der Waals surface area contributed by atoms with Crippen LogP contribution < -0.4 is 4.90 Å². The van der Waals surface area contributed by atoms with Gasteiger partial charge in [0.05, 0.1) is 6.04 Å².